The number of rotatable bonds is 3. The summed E-state index contributed by atoms with van der Waals surface area (Å²) in [6.07, 6.45) is -4.52. The Morgan fingerprint density at radius 1 is 1.05 bits per heavy atom. The number of hydrogen-bond donors (Lipinski definition) is 0. The van der Waals surface area contributed by atoms with Gasteiger partial charge in [-0.2, -0.15) is 17.7 Å². The molecule has 0 unspecified atom stereocenters. The fraction of sp³-hybridized carbons (Fsp3) is 0.250. The molecule has 0 N–H and O–H groups in total. The van der Waals surface area contributed by atoms with E-state index in [1.807, 2.05) is 0 Å². The lowest BCUT2D eigenvalue weighted by Gasteiger charge is -2.06. The summed E-state index contributed by atoms with van der Waals surface area (Å²) in [5.41, 5.74) is 0.489. The zero-order valence-corrected chi connectivity index (χ0v) is 12.2. The molecule has 0 atom stereocenters. The molecule has 0 aliphatic heterocycles. The monoisotopic (exact) mass is 330 g/mol. The highest BCUT2D eigenvalue weighted by molar-refractivity contribution is 7.16. The molecule has 2 aromatic heterocycles. The van der Waals surface area contributed by atoms with E-state index in [0.29, 0.717) is 28.4 Å². The Hall–Kier alpha value is -2.36. The smallest absolute Gasteiger partial charge is 0.445 e. The van der Waals surface area contributed by atoms with E-state index in [4.69, 9.17) is 9.47 Å². The van der Waals surface area contributed by atoms with Crippen LogP contribution in [0.1, 0.15) is 5.01 Å². The van der Waals surface area contributed by atoms with Crippen LogP contribution in [0.4, 0.5) is 13.2 Å². The first-order valence-corrected chi connectivity index (χ1v) is 6.77. The van der Waals surface area contributed by atoms with Crippen molar-refractivity contribution in [1.82, 2.24) is 19.8 Å². The van der Waals surface area contributed by atoms with Crippen LogP contribution in [0.25, 0.3) is 16.3 Å². The lowest BCUT2D eigenvalue weighted by molar-refractivity contribution is -0.138. The number of fused-ring (bicyclic) bond motifs is 1. The second-order valence-electron chi connectivity index (χ2n) is 4.22. The van der Waals surface area contributed by atoms with Crippen molar-refractivity contribution in [2.75, 3.05) is 14.2 Å². The number of alkyl halides is 3. The normalized spacial score (nSPS) is 11.9. The van der Waals surface area contributed by atoms with Gasteiger partial charge in [0.05, 0.1) is 14.2 Å². The Morgan fingerprint density at radius 3 is 2.23 bits per heavy atom. The number of halogens is 3. The maximum Gasteiger partial charge on any atom is 0.445 e. The van der Waals surface area contributed by atoms with Crippen molar-refractivity contribution in [3.63, 3.8) is 0 Å². The van der Waals surface area contributed by atoms with Crippen molar-refractivity contribution in [3.05, 3.63) is 23.2 Å². The molecule has 2 heterocycles. The minimum atomic E-state index is -4.52. The zero-order chi connectivity index (χ0) is 15.9. The number of benzene rings is 1. The number of nitrogens with zero attached hydrogens (tertiary/aromatic N) is 4. The van der Waals surface area contributed by atoms with Gasteiger partial charge >= 0.3 is 6.18 Å². The third-order valence-electron chi connectivity index (χ3n) is 2.84. The summed E-state index contributed by atoms with van der Waals surface area (Å²) in [6, 6.07) is 4.88. The molecular formula is C12H9F3N4O2S. The molecule has 0 amide bonds. The van der Waals surface area contributed by atoms with Crippen LogP contribution in [-0.2, 0) is 6.18 Å². The van der Waals surface area contributed by atoms with E-state index >= 15 is 0 Å². The second kappa shape index (κ2) is 5.13. The van der Waals surface area contributed by atoms with Crippen LogP contribution < -0.4 is 9.47 Å². The summed E-state index contributed by atoms with van der Waals surface area (Å²) < 4.78 is 49.5. The van der Waals surface area contributed by atoms with Gasteiger partial charge in [-0.3, -0.25) is 0 Å². The largest absolute Gasteiger partial charge is 0.497 e. The van der Waals surface area contributed by atoms with Crippen LogP contribution in [0.5, 0.6) is 11.5 Å². The molecule has 0 saturated carbocycles. The molecule has 0 fully saturated rings. The van der Waals surface area contributed by atoms with Crippen LogP contribution in [-0.4, -0.2) is 34.0 Å². The predicted octanol–water partition coefficient (Wildman–Crippen LogP) is 2.89. The van der Waals surface area contributed by atoms with Crippen molar-refractivity contribution in [2.45, 2.75) is 6.18 Å². The van der Waals surface area contributed by atoms with E-state index in [1.165, 1.54) is 14.2 Å². The molecule has 1 aromatic carbocycles. The van der Waals surface area contributed by atoms with Gasteiger partial charge in [0.2, 0.25) is 9.97 Å². The Morgan fingerprint density at radius 2 is 1.68 bits per heavy atom. The van der Waals surface area contributed by atoms with Crippen molar-refractivity contribution in [1.29, 1.82) is 0 Å². The van der Waals surface area contributed by atoms with Gasteiger partial charge in [-0.15, -0.1) is 15.3 Å². The first-order valence-electron chi connectivity index (χ1n) is 5.95. The van der Waals surface area contributed by atoms with E-state index in [-0.39, 0.29) is 10.8 Å². The summed E-state index contributed by atoms with van der Waals surface area (Å²) in [5.74, 6) is 1.15. The number of hydrogen-bond acceptors (Lipinski definition) is 6. The van der Waals surface area contributed by atoms with Crippen molar-refractivity contribution < 1.29 is 22.6 Å². The van der Waals surface area contributed by atoms with Gasteiger partial charge in [0.1, 0.15) is 11.5 Å². The summed E-state index contributed by atoms with van der Waals surface area (Å²) in [7, 11) is 2.95. The summed E-state index contributed by atoms with van der Waals surface area (Å²) >= 11 is 0.430. The minimum absolute atomic E-state index is 0.0594. The highest BCUT2D eigenvalue weighted by Gasteiger charge is 2.36. The van der Waals surface area contributed by atoms with E-state index < -0.39 is 11.2 Å². The molecular weight excluding hydrogens is 321 g/mol. The topological polar surface area (TPSA) is 61.5 Å². The highest BCUT2D eigenvalue weighted by Crippen LogP contribution is 2.34. The third-order valence-corrected chi connectivity index (χ3v) is 3.79. The van der Waals surface area contributed by atoms with Crippen LogP contribution in [0.3, 0.4) is 0 Å². The summed E-state index contributed by atoms with van der Waals surface area (Å²) in [6.45, 7) is 0. The molecule has 22 heavy (non-hydrogen) atoms. The number of methoxy groups -OCH3 is 2. The molecule has 0 spiro atoms. The average molecular weight is 330 g/mol. The maximum atomic E-state index is 12.7. The predicted molar refractivity (Wildman–Crippen MR) is 72.2 cm³/mol. The molecule has 0 aliphatic carbocycles. The van der Waals surface area contributed by atoms with Crippen molar-refractivity contribution >= 4 is 16.3 Å². The fourth-order valence-electron chi connectivity index (χ4n) is 1.85. The van der Waals surface area contributed by atoms with E-state index in [9.17, 15) is 13.2 Å². The lowest BCUT2D eigenvalue weighted by Crippen LogP contribution is -2.05. The summed E-state index contributed by atoms with van der Waals surface area (Å²) in [5, 5.41) is 10.2. The standard InChI is InChI=1S/C12H9F3N4O2S/c1-20-7-3-6(4-8(5-7)21-2)9-16-17-11-19(9)18-10(22-11)12(13,14)15/h3-5H,1-2H3. The van der Waals surface area contributed by atoms with Gasteiger partial charge in [0, 0.05) is 11.6 Å². The van der Waals surface area contributed by atoms with Crippen LogP contribution in [0, 0.1) is 0 Å². The van der Waals surface area contributed by atoms with Gasteiger partial charge < -0.3 is 9.47 Å². The molecule has 3 aromatic rings. The average Bonchev–Trinajstić information content (AvgIpc) is 3.06. The molecule has 6 nitrogen and oxygen atoms in total. The Labute approximate surface area is 126 Å². The van der Waals surface area contributed by atoms with Gasteiger partial charge in [-0.25, -0.2) is 0 Å². The highest BCUT2D eigenvalue weighted by atomic mass is 32.1. The third kappa shape index (κ3) is 2.45. The number of aromatic nitrogens is 4. The van der Waals surface area contributed by atoms with E-state index in [2.05, 4.69) is 15.3 Å². The zero-order valence-electron chi connectivity index (χ0n) is 11.4. The fourth-order valence-corrected chi connectivity index (χ4v) is 2.55. The van der Waals surface area contributed by atoms with Crippen molar-refractivity contribution in [3.8, 4) is 22.9 Å². The Balaban J connectivity index is 2.16. The molecule has 116 valence electrons. The molecule has 3 rings (SSSR count). The Bertz CT molecular complexity index is 805. The van der Waals surface area contributed by atoms with Crippen LogP contribution in [0.2, 0.25) is 0 Å². The lowest BCUT2D eigenvalue weighted by atomic mass is 10.2. The van der Waals surface area contributed by atoms with Gasteiger partial charge in [0.15, 0.2) is 5.82 Å². The quantitative estimate of drug-likeness (QED) is 0.739. The molecule has 10 heteroatoms. The maximum absolute atomic E-state index is 12.7. The SMILES string of the molecule is COc1cc(OC)cc(-c2nnc3sc(C(F)(F)F)nn23)c1. The van der Waals surface area contributed by atoms with Gasteiger partial charge in [-0.1, -0.05) is 11.3 Å². The van der Waals surface area contributed by atoms with E-state index in [0.717, 1.165) is 4.52 Å². The van der Waals surface area contributed by atoms with Crippen LogP contribution in [0.15, 0.2) is 18.2 Å². The molecule has 0 radical (unpaired) electrons. The molecule has 0 saturated heterocycles. The summed E-state index contributed by atoms with van der Waals surface area (Å²) in [4.78, 5) is 0.0594. The first kappa shape index (κ1) is 14.6. The Kier molecular flexibility index (Phi) is 3.39. The molecule has 0 bridgehead atoms. The number of ether oxygens (including phenoxy) is 2. The van der Waals surface area contributed by atoms with E-state index in [1.54, 1.807) is 18.2 Å². The second-order valence-corrected chi connectivity index (χ2v) is 5.18. The minimum Gasteiger partial charge on any atom is -0.497 e. The first-order chi connectivity index (χ1) is 10.4. The van der Waals surface area contributed by atoms with Crippen LogP contribution >= 0.6 is 11.3 Å². The van der Waals surface area contributed by atoms with Gasteiger partial charge in [-0.05, 0) is 12.1 Å². The van der Waals surface area contributed by atoms with Crippen molar-refractivity contribution in [2.24, 2.45) is 0 Å². The molecule has 0 aliphatic rings. The van der Waals surface area contributed by atoms with Gasteiger partial charge in [0.25, 0.3) is 0 Å².